The molecule has 1 aliphatic heterocycles. The smallest absolute Gasteiger partial charge is 0.206 e. The highest BCUT2D eigenvalue weighted by molar-refractivity contribution is 7.83. The quantitative estimate of drug-likeness (QED) is 0.864. The Hall–Kier alpha value is -1.37. The van der Waals surface area contributed by atoms with Gasteiger partial charge in [0.2, 0.25) is 5.89 Å². The van der Waals surface area contributed by atoms with Gasteiger partial charge in [0, 0.05) is 26.9 Å². The van der Waals surface area contributed by atoms with Crippen LogP contribution in [0.1, 0.15) is 22.8 Å². The molecule has 0 radical (unpaired) electrons. The summed E-state index contributed by atoms with van der Waals surface area (Å²) in [7, 11) is -1.15. The summed E-state index contributed by atoms with van der Waals surface area (Å²) in [6.07, 6.45) is 1.62. The van der Waals surface area contributed by atoms with E-state index in [1.807, 2.05) is 0 Å². The number of halogens is 1. The molecule has 1 atom stereocenters. The first-order valence-electron chi connectivity index (χ1n) is 6.40. The molecule has 21 heavy (non-hydrogen) atoms. The van der Waals surface area contributed by atoms with E-state index in [9.17, 15) is 4.21 Å². The Morgan fingerprint density at radius 2 is 2.24 bits per heavy atom. The van der Waals surface area contributed by atoms with Crippen LogP contribution in [0.15, 0.2) is 22.7 Å². The third kappa shape index (κ3) is 3.45. The molecule has 0 aliphatic carbocycles. The summed E-state index contributed by atoms with van der Waals surface area (Å²) < 4.78 is 28.4. The van der Waals surface area contributed by atoms with Crippen LogP contribution in [0, 0.1) is 6.92 Å². The number of fused-ring (bicyclic) bond motifs is 1. The van der Waals surface area contributed by atoms with E-state index in [1.54, 1.807) is 25.3 Å². The predicted octanol–water partition coefficient (Wildman–Crippen LogP) is 2.95. The van der Waals surface area contributed by atoms with Crippen LogP contribution in [0.25, 0.3) is 0 Å². The van der Waals surface area contributed by atoms with Crippen LogP contribution in [0.4, 0.5) is 0 Å². The molecular formula is C14H14ClNO4S. The van der Waals surface area contributed by atoms with E-state index in [2.05, 4.69) is 4.98 Å². The highest BCUT2D eigenvalue weighted by Gasteiger charge is 2.18. The predicted molar refractivity (Wildman–Crippen MR) is 78.5 cm³/mol. The molecule has 5 nitrogen and oxygen atoms in total. The number of aryl methyl sites for hydroxylation is 1. The van der Waals surface area contributed by atoms with Crippen LogP contribution >= 0.6 is 11.6 Å². The van der Waals surface area contributed by atoms with Gasteiger partial charge in [-0.2, -0.15) is 0 Å². The zero-order valence-corrected chi connectivity index (χ0v) is 13.0. The highest BCUT2D eigenvalue weighted by atomic mass is 35.5. The average molecular weight is 328 g/mol. The Morgan fingerprint density at radius 3 is 3.00 bits per heavy atom. The minimum absolute atomic E-state index is 0.202. The molecule has 7 heteroatoms. The van der Waals surface area contributed by atoms with E-state index in [0.29, 0.717) is 29.0 Å². The fourth-order valence-corrected chi connectivity index (χ4v) is 3.53. The zero-order valence-electron chi connectivity index (χ0n) is 11.4. The molecular weight excluding hydrogens is 314 g/mol. The summed E-state index contributed by atoms with van der Waals surface area (Å²) in [5, 5.41) is 0.585. The monoisotopic (exact) mass is 327 g/mol. The number of ether oxygens (including phenoxy) is 2. The van der Waals surface area contributed by atoms with E-state index in [1.165, 1.54) is 0 Å². The highest BCUT2D eigenvalue weighted by Crippen LogP contribution is 2.32. The largest absolute Gasteiger partial charge is 0.467 e. The number of rotatable bonds is 4. The van der Waals surface area contributed by atoms with Gasteiger partial charge >= 0.3 is 0 Å². The first-order valence-corrected chi connectivity index (χ1v) is 8.26. The lowest BCUT2D eigenvalue weighted by Gasteiger charge is -2.20. The Labute approximate surface area is 129 Å². The molecule has 0 fully saturated rings. The summed E-state index contributed by atoms with van der Waals surface area (Å²) in [5.41, 5.74) is 1.70. The molecule has 0 bridgehead atoms. The van der Waals surface area contributed by atoms with Crippen LogP contribution < -0.4 is 4.74 Å². The van der Waals surface area contributed by atoms with Gasteiger partial charge in [-0.3, -0.25) is 4.21 Å². The second kappa shape index (κ2) is 6.17. The van der Waals surface area contributed by atoms with Crippen molar-refractivity contribution < 1.29 is 18.1 Å². The summed E-state index contributed by atoms with van der Waals surface area (Å²) in [6.45, 7) is 2.46. The van der Waals surface area contributed by atoms with Crippen molar-refractivity contribution in [2.45, 2.75) is 25.0 Å². The van der Waals surface area contributed by atoms with Gasteiger partial charge in [-0.25, -0.2) is 4.98 Å². The fourth-order valence-electron chi connectivity index (χ4n) is 2.19. The summed E-state index contributed by atoms with van der Waals surface area (Å²) in [4.78, 5) is 4.07. The molecule has 1 aromatic carbocycles. The number of aromatic nitrogens is 1. The molecule has 0 saturated carbocycles. The molecule has 3 rings (SSSR count). The van der Waals surface area contributed by atoms with Crippen molar-refractivity contribution in [3.05, 3.63) is 46.1 Å². The van der Waals surface area contributed by atoms with Crippen molar-refractivity contribution in [2.24, 2.45) is 0 Å². The van der Waals surface area contributed by atoms with Crippen molar-refractivity contribution in [3.8, 4) is 5.75 Å². The molecule has 0 amide bonds. The fraction of sp³-hybridized carbons (Fsp3) is 0.357. The lowest BCUT2D eigenvalue weighted by molar-refractivity contribution is -0.0169. The second-order valence-electron chi connectivity index (χ2n) is 4.76. The van der Waals surface area contributed by atoms with Crippen molar-refractivity contribution in [1.82, 2.24) is 4.98 Å². The maximum absolute atomic E-state index is 12.3. The van der Waals surface area contributed by atoms with Crippen LogP contribution in [-0.4, -0.2) is 16.0 Å². The number of benzene rings is 1. The van der Waals surface area contributed by atoms with Crippen molar-refractivity contribution >= 4 is 22.4 Å². The Bertz CT molecular complexity index is 686. The van der Waals surface area contributed by atoms with Gasteiger partial charge in [-0.15, -0.1) is 0 Å². The number of oxazole rings is 1. The maximum Gasteiger partial charge on any atom is 0.206 e. The minimum atomic E-state index is -1.15. The van der Waals surface area contributed by atoms with E-state index < -0.39 is 10.8 Å². The Morgan fingerprint density at radius 1 is 1.38 bits per heavy atom. The van der Waals surface area contributed by atoms with Crippen LogP contribution in [0.5, 0.6) is 5.75 Å². The Balaban J connectivity index is 1.78. The van der Waals surface area contributed by atoms with Crippen molar-refractivity contribution in [2.75, 3.05) is 6.79 Å². The molecule has 0 N–H and O–H groups in total. The SMILES string of the molecule is Cc1cnc(CS(=O)Cc2cc(Cl)cc3c2OCOC3)o1. The molecule has 0 spiro atoms. The van der Waals surface area contributed by atoms with E-state index in [0.717, 1.165) is 16.9 Å². The molecule has 0 saturated heterocycles. The molecule has 112 valence electrons. The minimum Gasteiger partial charge on any atom is -0.467 e. The third-order valence-electron chi connectivity index (χ3n) is 3.02. The number of hydrogen-bond acceptors (Lipinski definition) is 5. The Kier molecular flexibility index (Phi) is 4.28. The average Bonchev–Trinajstić information content (AvgIpc) is 2.83. The number of hydrogen-bond donors (Lipinski definition) is 0. The van der Waals surface area contributed by atoms with Crippen LogP contribution in [-0.2, 0) is 33.6 Å². The van der Waals surface area contributed by atoms with E-state index >= 15 is 0 Å². The normalized spacial score (nSPS) is 15.3. The molecule has 1 aliphatic rings. The molecule has 1 aromatic heterocycles. The lowest BCUT2D eigenvalue weighted by atomic mass is 10.1. The van der Waals surface area contributed by atoms with Gasteiger partial charge in [0.1, 0.15) is 17.3 Å². The molecule has 2 heterocycles. The maximum atomic E-state index is 12.3. The van der Waals surface area contributed by atoms with E-state index in [4.69, 9.17) is 25.5 Å². The van der Waals surface area contributed by atoms with Crippen molar-refractivity contribution in [3.63, 3.8) is 0 Å². The molecule has 1 unspecified atom stereocenters. The van der Waals surface area contributed by atoms with Crippen LogP contribution in [0.3, 0.4) is 0 Å². The van der Waals surface area contributed by atoms with Gasteiger partial charge in [0.15, 0.2) is 6.79 Å². The zero-order chi connectivity index (χ0) is 14.8. The van der Waals surface area contributed by atoms with Crippen LogP contribution in [0.2, 0.25) is 5.02 Å². The first-order chi connectivity index (χ1) is 10.1. The first kappa shape index (κ1) is 14.6. The van der Waals surface area contributed by atoms with E-state index in [-0.39, 0.29) is 12.5 Å². The van der Waals surface area contributed by atoms with Crippen molar-refractivity contribution in [1.29, 1.82) is 0 Å². The topological polar surface area (TPSA) is 61.6 Å². The lowest BCUT2D eigenvalue weighted by Crippen LogP contribution is -2.14. The van der Waals surface area contributed by atoms with Gasteiger partial charge in [0.25, 0.3) is 0 Å². The summed E-state index contributed by atoms with van der Waals surface area (Å²) >= 11 is 6.09. The summed E-state index contributed by atoms with van der Waals surface area (Å²) in [6, 6.07) is 3.59. The van der Waals surface area contributed by atoms with Gasteiger partial charge in [-0.05, 0) is 19.1 Å². The standard InChI is InChI=1S/C14H14ClNO4S/c1-9-4-16-13(20-9)7-21(17)6-11-3-12(15)2-10-5-18-8-19-14(10)11/h2-4H,5-8H2,1H3. The number of nitrogens with zero attached hydrogens (tertiary/aromatic N) is 1. The molecule has 2 aromatic rings. The second-order valence-corrected chi connectivity index (χ2v) is 6.65. The third-order valence-corrected chi connectivity index (χ3v) is 4.44. The van der Waals surface area contributed by atoms with Gasteiger partial charge < -0.3 is 13.9 Å². The van der Waals surface area contributed by atoms with Gasteiger partial charge in [0.05, 0.1) is 18.6 Å². The van der Waals surface area contributed by atoms with Gasteiger partial charge in [-0.1, -0.05) is 11.6 Å². The summed E-state index contributed by atoms with van der Waals surface area (Å²) in [5.74, 6) is 2.52.